The summed E-state index contributed by atoms with van der Waals surface area (Å²) in [5.41, 5.74) is 9.11. The van der Waals surface area contributed by atoms with Crippen molar-refractivity contribution in [2.24, 2.45) is 5.92 Å². The van der Waals surface area contributed by atoms with E-state index in [9.17, 15) is 9.18 Å². The van der Waals surface area contributed by atoms with Gasteiger partial charge in [-0.1, -0.05) is 30.3 Å². The van der Waals surface area contributed by atoms with Gasteiger partial charge in [-0.15, -0.1) is 5.10 Å². The molecule has 3 heterocycles. The number of piperidine rings is 1. The summed E-state index contributed by atoms with van der Waals surface area (Å²) >= 11 is 0. The summed E-state index contributed by atoms with van der Waals surface area (Å²) in [6, 6.07) is 15.7. The van der Waals surface area contributed by atoms with Gasteiger partial charge >= 0.3 is 5.97 Å². The second-order valence-corrected chi connectivity index (χ2v) is 8.25. The third kappa shape index (κ3) is 4.05. The van der Waals surface area contributed by atoms with Gasteiger partial charge in [0.1, 0.15) is 11.6 Å². The number of nitrogens with two attached hydrogens (primary N) is 1. The molecular weight excluding hydrogens is 435 g/mol. The molecule has 9 heteroatoms. The highest BCUT2D eigenvalue weighted by Crippen LogP contribution is 2.34. The van der Waals surface area contributed by atoms with E-state index in [0.717, 1.165) is 24.9 Å². The number of aromatic nitrogens is 4. The zero-order chi connectivity index (χ0) is 23.7. The molecule has 174 valence electrons. The lowest BCUT2D eigenvalue weighted by Gasteiger charge is -2.31. The Kier molecular flexibility index (Phi) is 5.83. The Hall–Kier alpha value is -4.01. The largest absolute Gasteiger partial charge is 0.466 e. The minimum absolute atomic E-state index is 0.193. The zero-order valence-electron chi connectivity index (χ0n) is 18.8. The maximum atomic E-state index is 13.5. The number of esters is 1. The molecule has 1 saturated heterocycles. The van der Waals surface area contributed by atoms with Crippen molar-refractivity contribution in [2.75, 3.05) is 30.3 Å². The molecule has 34 heavy (non-hydrogen) atoms. The predicted molar refractivity (Wildman–Crippen MR) is 128 cm³/mol. The second kappa shape index (κ2) is 9.09. The Bertz CT molecular complexity index is 1320. The van der Waals surface area contributed by atoms with Gasteiger partial charge in [0.25, 0.3) is 0 Å². The van der Waals surface area contributed by atoms with Gasteiger partial charge in [0.2, 0.25) is 5.95 Å². The summed E-state index contributed by atoms with van der Waals surface area (Å²) in [5, 5.41) is 5.26. The van der Waals surface area contributed by atoms with Gasteiger partial charge in [-0.3, -0.25) is 4.79 Å². The fourth-order valence-corrected chi connectivity index (χ4v) is 4.34. The maximum Gasteiger partial charge on any atom is 0.310 e. The third-order valence-corrected chi connectivity index (χ3v) is 6.00. The molecule has 0 amide bonds. The van der Waals surface area contributed by atoms with Gasteiger partial charge < -0.3 is 15.4 Å². The number of fused-ring (bicyclic) bond motifs is 1. The SMILES string of the molecule is CCOC(=O)C1CCCN(c2nc(-c3ccccc3)c3c(N)n(-c4ccc(F)cc4)nc3n2)C1. The first kappa shape index (κ1) is 21.8. The fraction of sp³-hybridized carbons (Fsp3) is 0.280. The summed E-state index contributed by atoms with van der Waals surface area (Å²) in [6.07, 6.45) is 1.60. The minimum atomic E-state index is -0.340. The van der Waals surface area contributed by atoms with Crippen molar-refractivity contribution in [2.45, 2.75) is 19.8 Å². The summed E-state index contributed by atoms with van der Waals surface area (Å²) in [7, 11) is 0. The monoisotopic (exact) mass is 460 g/mol. The van der Waals surface area contributed by atoms with Gasteiger partial charge in [0.15, 0.2) is 5.65 Å². The van der Waals surface area contributed by atoms with Crippen molar-refractivity contribution < 1.29 is 13.9 Å². The van der Waals surface area contributed by atoms with Gasteiger partial charge in [-0.05, 0) is 44.0 Å². The number of halogens is 1. The Balaban J connectivity index is 1.63. The van der Waals surface area contributed by atoms with Crippen LogP contribution in [0.25, 0.3) is 28.0 Å². The van der Waals surface area contributed by atoms with Crippen molar-refractivity contribution in [3.05, 3.63) is 60.4 Å². The van der Waals surface area contributed by atoms with E-state index in [1.807, 2.05) is 42.2 Å². The molecule has 1 aliphatic heterocycles. The van der Waals surface area contributed by atoms with Crippen LogP contribution in [-0.4, -0.2) is 45.4 Å². The highest BCUT2D eigenvalue weighted by atomic mass is 19.1. The van der Waals surface area contributed by atoms with Crippen LogP contribution in [0.1, 0.15) is 19.8 Å². The maximum absolute atomic E-state index is 13.5. The zero-order valence-corrected chi connectivity index (χ0v) is 18.8. The summed E-state index contributed by atoms with van der Waals surface area (Å²) in [6.45, 7) is 3.37. The Labute approximate surface area is 196 Å². The molecule has 2 N–H and O–H groups in total. The van der Waals surface area contributed by atoms with Crippen LogP contribution in [0.4, 0.5) is 16.2 Å². The average Bonchev–Trinajstić information content (AvgIpc) is 3.21. The molecule has 0 radical (unpaired) electrons. The van der Waals surface area contributed by atoms with Gasteiger partial charge in [-0.2, -0.15) is 4.98 Å². The van der Waals surface area contributed by atoms with Crippen LogP contribution in [0, 0.1) is 11.7 Å². The number of rotatable bonds is 5. The van der Waals surface area contributed by atoms with Crippen LogP contribution in [0.5, 0.6) is 0 Å². The molecule has 2 aromatic heterocycles. The molecule has 8 nitrogen and oxygen atoms in total. The summed E-state index contributed by atoms with van der Waals surface area (Å²) in [5.74, 6) is 0.0999. The molecule has 0 bridgehead atoms. The summed E-state index contributed by atoms with van der Waals surface area (Å²) < 4.78 is 20.3. The first-order valence-corrected chi connectivity index (χ1v) is 11.3. The van der Waals surface area contributed by atoms with E-state index in [1.165, 1.54) is 12.1 Å². The van der Waals surface area contributed by atoms with Crippen LogP contribution >= 0.6 is 0 Å². The number of carbonyl (C=O) groups excluding carboxylic acids is 1. The van der Waals surface area contributed by atoms with E-state index in [1.54, 1.807) is 16.8 Å². The first-order chi connectivity index (χ1) is 16.5. The van der Waals surface area contributed by atoms with Crippen LogP contribution in [0.3, 0.4) is 0 Å². The standard InChI is InChI=1S/C25H25FN6O2/c1-2-34-24(33)17-9-6-14-31(15-17)25-28-21(16-7-4-3-5-8-16)20-22(27)32(30-23(20)29-25)19-12-10-18(26)11-13-19/h3-5,7-8,10-13,17H,2,6,9,14-15,27H2,1H3. The normalized spacial score (nSPS) is 16.1. The molecule has 2 aromatic carbocycles. The van der Waals surface area contributed by atoms with Crippen molar-refractivity contribution in [1.82, 2.24) is 19.7 Å². The minimum Gasteiger partial charge on any atom is -0.466 e. The quantitative estimate of drug-likeness (QED) is 0.450. The Morgan fingerprint density at radius 3 is 2.65 bits per heavy atom. The summed E-state index contributed by atoms with van der Waals surface area (Å²) in [4.78, 5) is 24.0. The number of benzene rings is 2. The molecule has 4 aromatic rings. The van der Waals surface area contributed by atoms with Gasteiger partial charge in [0, 0.05) is 18.7 Å². The van der Waals surface area contributed by atoms with E-state index in [0.29, 0.717) is 47.3 Å². The molecule has 1 aliphatic rings. The molecule has 1 unspecified atom stereocenters. The van der Waals surface area contributed by atoms with E-state index in [4.69, 9.17) is 20.4 Å². The molecule has 0 saturated carbocycles. The van der Waals surface area contributed by atoms with Crippen LogP contribution < -0.4 is 10.6 Å². The molecule has 5 rings (SSSR count). The number of hydrogen-bond acceptors (Lipinski definition) is 7. The van der Waals surface area contributed by atoms with E-state index < -0.39 is 0 Å². The average molecular weight is 461 g/mol. The number of anilines is 2. The number of ether oxygens (including phenoxy) is 1. The smallest absolute Gasteiger partial charge is 0.310 e. The van der Waals surface area contributed by atoms with E-state index >= 15 is 0 Å². The highest BCUT2D eigenvalue weighted by molar-refractivity contribution is 5.99. The van der Waals surface area contributed by atoms with Crippen molar-refractivity contribution >= 4 is 28.8 Å². The van der Waals surface area contributed by atoms with Crippen molar-refractivity contribution in [3.63, 3.8) is 0 Å². The predicted octanol–water partition coefficient (Wildman–Crippen LogP) is 3.98. The van der Waals surface area contributed by atoms with Crippen molar-refractivity contribution in [3.8, 4) is 16.9 Å². The van der Waals surface area contributed by atoms with Gasteiger partial charge in [0.05, 0.1) is 29.3 Å². The topological polar surface area (TPSA) is 99.2 Å². The molecule has 1 atom stereocenters. The molecule has 0 spiro atoms. The van der Waals surface area contributed by atoms with Crippen LogP contribution in [0.2, 0.25) is 0 Å². The molecule has 1 fully saturated rings. The van der Waals surface area contributed by atoms with Gasteiger partial charge in [-0.25, -0.2) is 14.1 Å². The fourth-order valence-electron chi connectivity index (χ4n) is 4.34. The highest BCUT2D eigenvalue weighted by Gasteiger charge is 2.29. The lowest BCUT2D eigenvalue weighted by atomic mass is 9.98. The number of nitrogens with zero attached hydrogens (tertiary/aromatic N) is 5. The third-order valence-electron chi connectivity index (χ3n) is 6.00. The number of carbonyl (C=O) groups is 1. The van der Waals surface area contributed by atoms with E-state index in [-0.39, 0.29) is 17.7 Å². The van der Waals surface area contributed by atoms with Crippen LogP contribution in [-0.2, 0) is 9.53 Å². The van der Waals surface area contributed by atoms with Crippen LogP contribution in [0.15, 0.2) is 54.6 Å². The van der Waals surface area contributed by atoms with Crippen molar-refractivity contribution in [1.29, 1.82) is 0 Å². The Morgan fingerprint density at radius 1 is 1.15 bits per heavy atom. The second-order valence-electron chi connectivity index (χ2n) is 8.25. The first-order valence-electron chi connectivity index (χ1n) is 11.3. The van der Waals surface area contributed by atoms with E-state index in [2.05, 4.69) is 5.10 Å². The number of hydrogen-bond donors (Lipinski definition) is 1. The lowest BCUT2D eigenvalue weighted by Crippen LogP contribution is -2.40. The lowest BCUT2D eigenvalue weighted by molar-refractivity contribution is -0.148. The molecule has 0 aliphatic carbocycles. The Morgan fingerprint density at radius 2 is 1.91 bits per heavy atom. The number of nitrogen functional groups attached to an aromatic ring is 1. The molecular formula is C25H25FN6O2.